The number of aromatic nitrogens is 3. The van der Waals surface area contributed by atoms with E-state index in [4.69, 9.17) is 0 Å². The lowest BCUT2D eigenvalue weighted by atomic mass is 10.2. The lowest BCUT2D eigenvalue weighted by Gasteiger charge is -2.30. The van der Waals surface area contributed by atoms with Gasteiger partial charge in [0.1, 0.15) is 17.2 Å². The SMILES string of the molecule is CCCc1nccn1-c1ccc2n(c1=O)CCN(CCC1CC1)C2=O. The molecule has 0 saturated heterocycles. The normalized spacial score (nSPS) is 17.0. The molecule has 0 atom stereocenters. The molecule has 0 aromatic carbocycles. The number of hydrogen-bond donors (Lipinski definition) is 0. The lowest BCUT2D eigenvalue weighted by Crippen LogP contribution is -2.45. The highest BCUT2D eigenvalue weighted by atomic mass is 16.2. The zero-order chi connectivity index (χ0) is 17.4. The lowest BCUT2D eigenvalue weighted by molar-refractivity contribution is 0.0696. The van der Waals surface area contributed by atoms with Crippen LogP contribution in [0.3, 0.4) is 0 Å². The van der Waals surface area contributed by atoms with Crippen LogP contribution in [-0.4, -0.2) is 38.0 Å². The van der Waals surface area contributed by atoms with Gasteiger partial charge in [-0.3, -0.25) is 14.2 Å². The van der Waals surface area contributed by atoms with Crippen LogP contribution >= 0.6 is 0 Å². The predicted octanol–water partition coefficient (Wildman–Crippen LogP) is 2.24. The monoisotopic (exact) mass is 340 g/mol. The van der Waals surface area contributed by atoms with Crippen LogP contribution in [0.5, 0.6) is 0 Å². The van der Waals surface area contributed by atoms with Gasteiger partial charge in [0.2, 0.25) is 0 Å². The van der Waals surface area contributed by atoms with Crippen LogP contribution in [0.15, 0.2) is 29.3 Å². The van der Waals surface area contributed by atoms with Gasteiger partial charge in [-0.2, -0.15) is 0 Å². The molecule has 0 radical (unpaired) electrons. The largest absolute Gasteiger partial charge is 0.336 e. The van der Waals surface area contributed by atoms with Crippen LogP contribution in [-0.2, 0) is 13.0 Å². The number of hydrogen-bond acceptors (Lipinski definition) is 3. The van der Waals surface area contributed by atoms with E-state index in [2.05, 4.69) is 11.9 Å². The molecule has 1 aliphatic heterocycles. The van der Waals surface area contributed by atoms with E-state index >= 15 is 0 Å². The van der Waals surface area contributed by atoms with Crippen molar-refractivity contribution in [3.05, 3.63) is 46.4 Å². The summed E-state index contributed by atoms with van der Waals surface area (Å²) in [7, 11) is 0. The number of nitrogens with zero attached hydrogens (tertiary/aromatic N) is 4. The molecule has 0 spiro atoms. The molecule has 1 amide bonds. The number of carbonyl (C=O) groups excluding carboxylic acids is 1. The molecule has 1 saturated carbocycles. The third kappa shape index (κ3) is 3.01. The van der Waals surface area contributed by atoms with Gasteiger partial charge in [0.15, 0.2) is 0 Å². The van der Waals surface area contributed by atoms with Crippen molar-refractivity contribution in [1.82, 2.24) is 19.0 Å². The van der Waals surface area contributed by atoms with Crippen molar-refractivity contribution in [1.29, 1.82) is 0 Å². The van der Waals surface area contributed by atoms with Crippen molar-refractivity contribution >= 4 is 5.91 Å². The van der Waals surface area contributed by atoms with Crippen molar-refractivity contribution in [3.63, 3.8) is 0 Å². The van der Waals surface area contributed by atoms with Crippen LogP contribution < -0.4 is 5.56 Å². The number of rotatable bonds is 6. The van der Waals surface area contributed by atoms with Crippen molar-refractivity contribution in [3.8, 4) is 5.69 Å². The molecule has 0 bridgehead atoms. The molecule has 25 heavy (non-hydrogen) atoms. The van der Waals surface area contributed by atoms with Gasteiger partial charge in [-0.05, 0) is 30.9 Å². The third-order valence-electron chi connectivity index (χ3n) is 5.21. The molecule has 2 aromatic heterocycles. The highest BCUT2D eigenvalue weighted by molar-refractivity contribution is 5.93. The Labute approximate surface area is 147 Å². The zero-order valence-electron chi connectivity index (χ0n) is 14.6. The Morgan fingerprint density at radius 1 is 1.20 bits per heavy atom. The van der Waals surface area contributed by atoms with Crippen LogP contribution in [0.4, 0.5) is 0 Å². The van der Waals surface area contributed by atoms with Gasteiger partial charge < -0.3 is 9.47 Å². The van der Waals surface area contributed by atoms with E-state index in [-0.39, 0.29) is 11.5 Å². The maximum absolute atomic E-state index is 12.9. The average molecular weight is 340 g/mol. The summed E-state index contributed by atoms with van der Waals surface area (Å²) in [5, 5.41) is 0. The minimum absolute atomic E-state index is 0.0186. The first-order valence-electron chi connectivity index (χ1n) is 9.24. The molecule has 1 aliphatic carbocycles. The fourth-order valence-corrected chi connectivity index (χ4v) is 3.56. The van der Waals surface area contributed by atoms with Crippen LogP contribution in [0.25, 0.3) is 5.69 Å². The third-order valence-corrected chi connectivity index (χ3v) is 5.21. The Kier molecular flexibility index (Phi) is 4.19. The molecule has 2 aliphatic rings. The van der Waals surface area contributed by atoms with Gasteiger partial charge >= 0.3 is 0 Å². The number of carbonyl (C=O) groups is 1. The van der Waals surface area contributed by atoms with E-state index in [1.54, 1.807) is 22.9 Å². The summed E-state index contributed by atoms with van der Waals surface area (Å²) in [5.74, 6) is 1.67. The van der Waals surface area contributed by atoms with Crippen LogP contribution in [0.2, 0.25) is 0 Å². The quantitative estimate of drug-likeness (QED) is 0.810. The van der Waals surface area contributed by atoms with Gasteiger partial charge in [0, 0.05) is 38.4 Å². The molecule has 4 rings (SSSR count). The first-order valence-corrected chi connectivity index (χ1v) is 9.24. The van der Waals surface area contributed by atoms with Gasteiger partial charge in [-0.1, -0.05) is 19.8 Å². The number of aryl methyl sites for hydroxylation is 1. The first kappa shape index (κ1) is 16.1. The summed E-state index contributed by atoms with van der Waals surface area (Å²) in [6.07, 6.45) is 9.02. The Bertz CT molecular complexity index is 847. The summed E-state index contributed by atoms with van der Waals surface area (Å²) in [6, 6.07) is 3.55. The molecule has 0 unspecified atom stereocenters. The van der Waals surface area contributed by atoms with Crippen molar-refractivity contribution in [2.75, 3.05) is 13.1 Å². The second kappa shape index (κ2) is 6.50. The summed E-state index contributed by atoms with van der Waals surface area (Å²) in [4.78, 5) is 31.9. The Balaban J connectivity index is 1.63. The molecule has 1 fully saturated rings. The van der Waals surface area contributed by atoms with E-state index in [9.17, 15) is 9.59 Å². The van der Waals surface area contributed by atoms with Crippen LogP contribution in [0, 0.1) is 5.92 Å². The highest BCUT2D eigenvalue weighted by Gasteiger charge is 2.28. The van der Waals surface area contributed by atoms with Gasteiger partial charge in [-0.15, -0.1) is 0 Å². The minimum Gasteiger partial charge on any atom is -0.336 e. The summed E-state index contributed by atoms with van der Waals surface area (Å²) in [6.45, 7) is 4.08. The second-order valence-corrected chi connectivity index (χ2v) is 7.05. The van der Waals surface area contributed by atoms with E-state index in [1.807, 2.05) is 15.7 Å². The maximum Gasteiger partial charge on any atom is 0.275 e. The van der Waals surface area contributed by atoms with Crippen molar-refractivity contribution in [2.24, 2.45) is 5.92 Å². The highest BCUT2D eigenvalue weighted by Crippen LogP contribution is 2.32. The number of pyridine rings is 1. The summed E-state index contributed by atoms with van der Waals surface area (Å²) < 4.78 is 3.48. The first-order chi connectivity index (χ1) is 12.2. The summed E-state index contributed by atoms with van der Waals surface area (Å²) >= 11 is 0. The minimum atomic E-state index is -0.108. The van der Waals surface area contributed by atoms with E-state index in [0.717, 1.165) is 37.5 Å². The van der Waals surface area contributed by atoms with E-state index in [0.29, 0.717) is 24.5 Å². The molecule has 0 N–H and O–H groups in total. The van der Waals surface area contributed by atoms with Gasteiger partial charge in [-0.25, -0.2) is 4.98 Å². The molecule has 2 aromatic rings. The molecule has 6 nitrogen and oxygen atoms in total. The topological polar surface area (TPSA) is 60.1 Å². The standard InChI is InChI=1S/C19H24N4O2/c1-2-3-17-20-9-11-22(17)16-7-6-15-18(24)21(10-8-14-4-5-14)12-13-23(15)19(16)25/h6-7,9,11,14H,2-5,8,10,12-13H2,1H3. The second-order valence-electron chi connectivity index (χ2n) is 7.05. The number of imidazole rings is 1. The zero-order valence-corrected chi connectivity index (χ0v) is 14.6. The maximum atomic E-state index is 12.9. The van der Waals surface area contributed by atoms with E-state index < -0.39 is 0 Å². The number of fused-ring (bicyclic) bond motifs is 1. The predicted molar refractivity (Wildman–Crippen MR) is 95.1 cm³/mol. The fourth-order valence-electron chi connectivity index (χ4n) is 3.56. The summed E-state index contributed by atoms with van der Waals surface area (Å²) in [5.41, 5.74) is 0.972. The van der Waals surface area contributed by atoms with Gasteiger partial charge in [0.05, 0.1) is 0 Å². The van der Waals surface area contributed by atoms with E-state index in [1.165, 1.54) is 12.8 Å². The Morgan fingerprint density at radius 2 is 2.04 bits per heavy atom. The molecule has 132 valence electrons. The van der Waals surface area contributed by atoms with Crippen molar-refractivity contribution in [2.45, 2.75) is 45.6 Å². The molecular formula is C19H24N4O2. The fraction of sp³-hybridized carbons (Fsp3) is 0.526. The average Bonchev–Trinajstić information content (AvgIpc) is 3.33. The van der Waals surface area contributed by atoms with Gasteiger partial charge in [0.25, 0.3) is 11.5 Å². The molecule has 3 heterocycles. The van der Waals surface area contributed by atoms with Crippen LogP contribution in [0.1, 0.15) is 48.9 Å². The Morgan fingerprint density at radius 3 is 2.80 bits per heavy atom. The molecular weight excluding hydrogens is 316 g/mol. The Hall–Kier alpha value is -2.37. The smallest absolute Gasteiger partial charge is 0.275 e. The van der Waals surface area contributed by atoms with Crippen molar-refractivity contribution < 1.29 is 4.79 Å². The molecule has 6 heteroatoms. The number of amides is 1.